The zero-order chi connectivity index (χ0) is 11.8. The van der Waals surface area contributed by atoms with Crippen molar-refractivity contribution in [2.45, 2.75) is 65.1 Å². The monoisotopic (exact) mass is 228 g/mol. The van der Waals surface area contributed by atoms with E-state index in [9.17, 15) is 0 Å². The highest BCUT2D eigenvalue weighted by molar-refractivity contribution is 4.75. The first-order valence-corrected chi connectivity index (χ1v) is 6.94. The molecule has 96 valence electrons. The molecule has 0 bridgehead atoms. The summed E-state index contributed by atoms with van der Waals surface area (Å²) in [5.41, 5.74) is 0. The Morgan fingerprint density at radius 3 is 2.50 bits per heavy atom. The zero-order valence-electron chi connectivity index (χ0n) is 11.2. The summed E-state index contributed by atoms with van der Waals surface area (Å²) in [6, 6.07) is 0. The maximum atomic E-state index is 5.60. The largest absolute Gasteiger partial charge is 0.356 e. The lowest BCUT2D eigenvalue weighted by atomic mass is 9.91. The van der Waals surface area contributed by atoms with Gasteiger partial charge in [-0.15, -0.1) is 0 Å². The molecule has 0 amide bonds. The first-order valence-electron chi connectivity index (χ1n) is 6.94. The van der Waals surface area contributed by atoms with Gasteiger partial charge in [-0.2, -0.15) is 0 Å². The number of unbranched alkanes of at least 4 members (excludes halogenated alkanes) is 5. The van der Waals surface area contributed by atoms with E-state index < -0.39 is 0 Å². The van der Waals surface area contributed by atoms with E-state index in [-0.39, 0.29) is 6.29 Å². The smallest absolute Gasteiger partial charge is 0.160 e. The van der Waals surface area contributed by atoms with Crippen molar-refractivity contribution < 1.29 is 9.47 Å². The average molecular weight is 228 g/mol. The molecule has 0 aromatic rings. The molecule has 0 saturated carbocycles. The van der Waals surface area contributed by atoms with Gasteiger partial charge in [-0.25, -0.2) is 0 Å². The van der Waals surface area contributed by atoms with Gasteiger partial charge in [-0.3, -0.25) is 0 Å². The molecule has 1 aliphatic heterocycles. The second kappa shape index (κ2) is 8.08. The number of hydrogen-bond acceptors (Lipinski definition) is 2. The predicted octanol–water partition coefficient (Wildman–Crippen LogP) is 3.99. The van der Waals surface area contributed by atoms with Crippen molar-refractivity contribution in [2.24, 2.45) is 11.8 Å². The maximum absolute atomic E-state index is 5.60. The Bertz CT molecular complexity index is 170. The van der Waals surface area contributed by atoms with Gasteiger partial charge in [0, 0.05) is 13.0 Å². The summed E-state index contributed by atoms with van der Waals surface area (Å²) in [6.07, 6.45) is 9.57. The standard InChI is InChI=1S/C14H28O2/c1-4-5-6-7-8-9-10-13-12(2)11-16-14(13)15-3/h12-14H,4-11H2,1-3H3/t12-,13-,14?/m0/s1. The molecular formula is C14H28O2. The first kappa shape index (κ1) is 14.0. The molecule has 1 heterocycles. The molecule has 2 nitrogen and oxygen atoms in total. The van der Waals surface area contributed by atoms with Gasteiger partial charge in [0.2, 0.25) is 0 Å². The quantitative estimate of drug-likeness (QED) is 0.585. The van der Waals surface area contributed by atoms with Gasteiger partial charge in [0.05, 0.1) is 6.61 Å². The summed E-state index contributed by atoms with van der Waals surface area (Å²) in [6.45, 7) is 5.42. The Morgan fingerprint density at radius 2 is 1.81 bits per heavy atom. The lowest BCUT2D eigenvalue weighted by Crippen LogP contribution is -2.21. The Morgan fingerprint density at radius 1 is 1.12 bits per heavy atom. The molecule has 1 aliphatic rings. The maximum Gasteiger partial charge on any atom is 0.160 e. The van der Waals surface area contributed by atoms with E-state index in [1.807, 2.05) is 0 Å². The van der Waals surface area contributed by atoms with Crippen molar-refractivity contribution in [3.05, 3.63) is 0 Å². The molecule has 1 rings (SSSR count). The molecule has 0 N–H and O–H groups in total. The van der Waals surface area contributed by atoms with Crippen LogP contribution in [-0.4, -0.2) is 20.0 Å². The summed E-state index contributed by atoms with van der Waals surface area (Å²) in [4.78, 5) is 0. The van der Waals surface area contributed by atoms with E-state index >= 15 is 0 Å². The summed E-state index contributed by atoms with van der Waals surface area (Å²) in [7, 11) is 1.76. The molecule has 1 saturated heterocycles. The van der Waals surface area contributed by atoms with Crippen LogP contribution in [-0.2, 0) is 9.47 Å². The zero-order valence-corrected chi connectivity index (χ0v) is 11.2. The van der Waals surface area contributed by atoms with E-state index in [1.165, 1.54) is 44.9 Å². The van der Waals surface area contributed by atoms with E-state index in [1.54, 1.807) is 7.11 Å². The van der Waals surface area contributed by atoms with E-state index in [0.717, 1.165) is 6.61 Å². The van der Waals surface area contributed by atoms with Gasteiger partial charge in [-0.05, 0) is 12.3 Å². The van der Waals surface area contributed by atoms with Gasteiger partial charge >= 0.3 is 0 Å². The molecule has 1 fully saturated rings. The van der Waals surface area contributed by atoms with Crippen LogP contribution in [0.3, 0.4) is 0 Å². The van der Waals surface area contributed by atoms with Crippen LogP contribution in [0.4, 0.5) is 0 Å². The minimum atomic E-state index is 0.0608. The van der Waals surface area contributed by atoms with Crippen molar-refractivity contribution in [3.8, 4) is 0 Å². The number of rotatable bonds is 8. The fourth-order valence-corrected chi connectivity index (χ4v) is 2.59. The molecule has 3 atom stereocenters. The van der Waals surface area contributed by atoms with Crippen molar-refractivity contribution in [1.82, 2.24) is 0 Å². The van der Waals surface area contributed by atoms with Gasteiger partial charge in [-0.1, -0.05) is 52.4 Å². The molecule has 0 aromatic carbocycles. The van der Waals surface area contributed by atoms with Crippen molar-refractivity contribution >= 4 is 0 Å². The summed E-state index contributed by atoms with van der Waals surface area (Å²) in [5.74, 6) is 1.29. The molecule has 1 unspecified atom stereocenters. The number of hydrogen-bond donors (Lipinski definition) is 0. The summed E-state index contributed by atoms with van der Waals surface area (Å²) < 4.78 is 11.0. The van der Waals surface area contributed by atoms with Crippen LogP contribution in [0.2, 0.25) is 0 Å². The van der Waals surface area contributed by atoms with Gasteiger partial charge < -0.3 is 9.47 Å². The molecule has 2 heteroatoms. The van der Waals surface area contributed by atoms with Crippen molar-refractivity contribution in [3.63, 3.8) is 0 Å². The Hall–Kier alpha value is -0.0800. The van der Waals surface area contributed by atoms with Crippen LogP contribution in [0.25, 0.3) is 0 Å². The third kappa shape index (κ3) is 4.42. The van der Waals surface area contributed by atoms with E-state index in [0.29, 0.717) is 11.8 Å². The molecule has 0 spiro atoms. The number of ether oxygens (including phenoxy) is 2. The van der Waals surface area contributed by atoms with Crippen molar-refractivity contribution in [2.75, 3.05) is 13.7 Å². The van der Waals surface area contributed by atoms with Gasteiger partial charge in [0.1, 0.15) is 0 Å². The SMILES string of the molecule is CCCCCCCC[C@@H]1C(OC)OC[C@@H]1C. The average Bonchev–Trinajstić information content (AvgIpc) is 2.65. The predicted molar refractivity (Wildman–Crippen MR) is 67.4 cm³/mol. The topological polar surface area (TPSA) is 18.5 Å². The van der Waals surface area contributed by atoms with Gasteiger partial charge in [0.15, 0.2) is 6.29 Å². The fourth-order valence-electron chi connectivity index (χ4n) is 2.59. The highest BCUT2D eigenvalue weighted by Crippen LogP contribution is 2.31. The minimum absolute atomic E-state index is 0.0608. The lowest BCUT2D eigenvalue weighted by molar-refractivity contribution is -0.111. The summed E-state index contributed by atoms with van der Waals surface area (Å²) >= 11 is 0. The lowest BCUT2D eigenvalue weighted by Gasteiger charge is -2.19. The second-order valence-electron chi connectivity index (χ2n) is 5.14. The second-order valence-corrected chi connectivity index (χ2v) is 5.14. The molecule has 0 radical (unpaired) electrons. The van der Waals surface area contributed by atoms with E-state index in [2.05, 4.69) is 13.8 Å². The molecular weight excluding hydrogens is 200 g/mol. The van der Waals surface area contributed by atoms with Gasteiger partial charge in [0.25, 0.3) is 0 Å². The highest BCUT2D eigenvalue weighted by Gasteiger charge is 2.33. The van der Waals surface area contributed by atoms with Crippen LogP contribution < -0.4 is 0 Å². The van der Waals surface area contributed by atoms with Crippen LogP contribution in [0.1, 0.15) is 58.8 Å². The van der Waals surface area contributed by atoms with E-state index in [4.69, 9.17) is 9.47 Å². The van der Waals surface area contributed by atoms with Crippen LogP contribution in [0.5, 0.6) is 0 Å². The van der Waals surface area contributed by atoms with Crippen LogP contribution in [0, 0.1) is 11.8 Å². The molecule has 0 aromatic heterocycles. The normalized spacial score (nSPS) is 29.8. The third-order valence-electron chi connectivity index (χ3n) is 3.73. The van der Waals surface area contributed by atoms with Crippen molar-refractivity contribution in [1.29, 1.82) is 0 Å². The Labute approximate surface area is 101 Å². The first-order chi connectivity index (χ1) is 7.79. The third-order valence-corrected chi connectivity index (χ3v) is 3.73. The van der Waals surface area contributed by atoms with Crippen LogP contribution in [0.15, 0.2) is 0 Å². The highest BCUT2D eigenvalue weighted by atomic mass is 16.7. The molecule has 16 heavy (non-hydrogen) atoms. The summed E-state index contributed by atoms with van der Waals surface area (Å²) in [5, 5.41) is 0. The Balaban J connectivity index is 2.06. The molecule has 0 aliphatic carbocycles. The van der Waals surface area contributed by atoms with Crippen LogP contribution >= 0.6 is 0 Å². The minimum Gasteiger partial charge on any atom is -0.356 e. The Kier molecular flexibility index (Phi) is 7.06. The fraction of sp³-hybridized carbons (Fsp3) is 1.00. The number of methoxy groups -OCH3 is 1.